The molecule has 1 aliphatic rings. The fourth-order valence-electron chi connectivity index (χ4n) is 1.94. The lowest BCUT2D eigenvalue weighted by Gasteiger charge is -2.26. The number of carbonyl (C=O) groups is 2. The molecule has 1 heterocycles. The zero-order chi connectivity index (χ0) is 14.5. The van der Waals surface area contributed by atoms with Crippen molar-refractivity contribution in [3.05, 3.63) is 29.8 Å². The molecule has 0 bridgehead atoms. The first kappa shape index (κ1) is 17.8. The third kappa shape index (κ3) is 4.91. The van der Waals surface area contributed by atoms with Crippen LogP contribution in [0.25, 0.3) is 0 Å². The fraction of sp³-hybridized carbons (Fsp3) is 0.429. The molecule has 1 aliphatic heterocycles. The van der Waals surface area contributed by atoms with E-state index >= 15 is 0 Å². The van der Waals surface area contributed by atoms with E-state index in [2.05, 4.69) is 5.32 Å². The van der Waals surface area contributed by atoms with Crippen molar-refractivity contribution >= 4 is 41.7 Å². The van der Waals surface area contributed by atoms with Gasteiger partial charge in [-0.25, -0.2) is 0 Å². The second kappa shape index (κ2) is 8.26. The third-order valence-electron chi connectivity index (χ3n) is 3.09. The van der Waals surface area contributed by atoms with Crippen LogP contribution in [0, 0.1) is 0 Å². The molecular formula is C14H20ClN3O2S. The number of halogens is 1. The number of benzene rings is 1. The highest BCUT2D eigenvalue weighted by atomic mass is 35.5. The Bertz CT molecular complexity index is 505. The van der Waals surface area contributed by atoms with Gasteiger partial charge in [-0.3, -0.25) is 9.59 Å². The molecule has 5 nitrogen and oxygen atoms in total. The molecule has 3 N–H and O–H groups in total. The summed E-state index contributed by atoms with van der Waals surface area (Å²) in [6, 6.07) is 6.41. The summed E-state index contributed by atoms with van der Waals surface area (Å²) in [6.45, 7) is 3.18. The van der Waals surface area contributed by atoms with Crippen LogP contribution in [0.4, 0.5) is 5.69 Å². The van der Waals surface area contributed by atoms with Gasteiger partial charge in [0.25, 0.3) is 5.91 Å². The molecule has 0 unspecified atom stereocenters. The van der Waals surface area contributed by atoms with E-state index in [0.717, 1.165) is 24.6 Å². The van der Waals surface area contributed by atoms with Gasteiger partial charge < -0.3 is 16.0 Å². The number of thioether (sulfide) groups is 1. The standard InChI is InChI=1S/C14H19N3O2S.ClH/c1-10(15)13(18)16-12-4-2-3-11(9-12)14(19)17-5-7-20-8-6-17;/h2-4,9-10H,5-8,15H2,1H3,(H,16,18);1H/t10-;/m0./s1. The van der Waals surface area contributed by atoms with Gasteiger partial charge in [0.2, 0.25) is 5.91 Å². The molecule has 7 heteroatoms. The minimum Gasteiger partial charge on any atom is -0.337 e. The maximum Gasteiger partial charge on any atom is 0.253 e. The van der Waals surface area contributed by atoms with Crippen molar-refractivity contribution in [1.29, 1.82) is 0 Å². The summed E-state index contributed by atoms with van der Waals surface area (Å²) in [4.78, 5) is 25.8. The zero-order valence-electron chi connectivity index (χ0n) is 11.9. The number of nitrogens with two attached hydrogens (primary N) is 1. The van der Waals surface area contributed by atoms with Crippen LogP contribution in [0.3, 0.4) is 0 Å². The first-order chi connectivity index (χ1) is 9.58. The first-order valence-electron chi connectivity index (χ1n) is 6.61. The van der Waals surface area contributed by atoms with E-state index < -0.39 is 6.04 Å². The summed E-state index contributed by atoms with van der Waals surface area (Å²) < 4.78 is 0. The number of carbonyl (C=O) groups excluding carboxylic acids is 2. The van der Waals surface area contributed by atoms with Crippen molar-refractivity contribution < 1.29 is 9.59 Å². The van der Waals surface area contributed by atoms with E-state index in [9.17, 15) is 9.59 Å². The maximum absolute atomic E-state index is 12.4. The Labute approximate surface area is 135 Å². The van der Waals surface area contributed by atoms with E-state index in [1.54, 1.807) is 31.2 Å². The van der Waals surface area contributed by atoms with Crippen molar-refractivity contribution in [3.8, 4) is 0 Å². The predicted molar refractivity (Wildman–Crippen MR) is 89.2 cm³/mol. The third-order valence-corrected chi connectivity index (χ3v) is 4.03. The average molecular weight is 330 g/mol. The molecule has 2 rings (SSSR count). The summed E-state index contributed by atoms with van der Waals surface area (Å²) in [6.07, 6.45) is 0. The molecule has 0 aliphatic carbocycles. The van der Waals surface area contributed by atoms with Crippen LogP contribution in [-0.4, -0.2) is 47.4 Å². The van der Waals surface area contributed by atoms with Crippen LogP contribution in [-0.2, 0) is 4.79 Å². The normalized spacial score (nSPS) is 15.8. The predicted octanol–water partition coefficient (Wildman–Crippen LogP) is 1.58. The van der Waals surface area contributed by atoms with Crippen molar-refractivity contribution in [1.82, 2.24) is 4.90 Å². The number of anilines is 1. The van der Waals surface area contributed by atoms with Gasteiger partial charge in [0.15, 0.2) is 0 Å². The molecule has 2 amide bonds. The highest BCUT2D eigenvalue weighted by Gasteiger charge is 2.18. The summed E-state index contributed by atoms with van der Waals surface area (Å²) in [7, 11) is 0. The Morgan fingerprint density at radius 2 is 2.00 bits per heavy atom. The van der Waals surface area contributed by atoms with Crippen LogP contribution in [0.1, 0.15) is 17.3 Å². The van der Waals surface area contributed by atoms with E-state index in [0.29, 0.717) is 11.3 Å². The van der Waals surface area contributed by atoms with Gasteiger partial charge in [-0.1, -0.05) is 6.07 Å². The summed E-state index contributed by atoms with van der Waals surface area (Å²) >= 11 is 1.86. The van der Waals surface area contributed by atoms with Crippen LogP contribution in [0.2, 0.25) is 0 Å². The molecule has 1 aromatic rings. The van der Waals surface area contributed by atoms with Gasteiger partial charge in [-0.15, -0.1) is 12.4 Å². The number of hydrogen-bond acceptors (Lipinski definition) is 4. The van der Waals surface area contributed by atoms with Gasteiger partial charge in [0.05, 0.1) is 6.04 Å². The number of rotatable bonds is 3. The van der Waals surface area contributed by atoms with Crippen LogP contribution >= 0.6 is 24.2 Å². The van der Waals surface area contributed by atoms with Crippen LogP contribution in [0.15, 0.2) is 24.3 Å². The molecular weight excluding hydrogens is 310 g/mol. The average Bonchev–Trinajstić information content (AvgIpc) is 2.47. The quantitative estimate of drug-likeness (QED) is 0.883. The highest BCUT2D eigenvalue weighted by Crippen LogP contribution is 2.16. The molecule has 1 fully saturated rings. The molecule has 21 heavy (non-hydrogen) atoms. The lowest BCUT2D eigenvalue weighted by atomic mass is 10.1. The largest absolute Gasteiger partial charge is 0.337 e. The van der Waals surface area contributed by atoms with Gasteiger partial charge >= 0.3 is 0 Å². The van der Waals surface area contributed by atoms with E-state index in [4.69, 9.17) is 5.73 Å². The first-order valence-corrected chi connectivity index (χ1v) is 7.77. The summed E-state index contributed by atoms with van der Waals surface area (Å²) in [5, 5.41) is 2.70. The van der Waals surface area contributed by atoms with E-state index in [-0.39, 0.29) is 24.2 Å². The second-order valence-electron chi connectivity index (χ2n) is 4.76. The molecule has 0 saturated carbocycles. The number of nitrogens with one attached hydrogen (secondary N) is 1. The maximum atomic E-state index is 12.4. The smallest absolute Gasteiger partial charge is 0.253 e. The van der Waals surface area contributed by atoms with Gasteiger partial charge in [0.1, 0.15) is 0 Å². The summed E-state index contributed by atoms with van der Waals surface area (Å²) in [5.41, 5.74) is 6.71. The van der Waals surface area contributed by atoms with Gasteiger partial charge in [-0.2, -0.15) is 11.8 Å². The lowest BCUT2D eigenvalue weighted by Crippen LogP contribution is -2.38. The molecule has 0 aromatic heterocycles. The topological polar surface area (TPSA) is 75.4 Å². The van der Waals surface area contributed by atoms with Gasteiger partial charge in [0, 0.05) is 35.8 Å². The Morgan fingerprint density at radius 1 is 1.33 bits per heavy atom. The molecule has 1 atom stereocenters. The highest BCUT2D eigenvalue weighted by molar-refractivity contribution is 7.99. The van der Waals surface area contributed by atoms with Crippen LogP contribution < -0.4 is 11.1 Å². The minimum atomic E-state index is -0.575. The summed E-state index contributed by atoms with van der Waals surface area (Å²) in [5.74, 6) is 1.71. The monoisotopic (exact) mass is 329 g/mol. The Kier molecular flexibility index (Phi) is 7.01. The number of amides is 2. The van der Waals surface area contributed by atoms with Crippen LogP contribution in [0.5, 0.6) is 0 Å². The Balaban J connectivity index is 0.00000220. The van der Waals surface area contributed by atoms with E-state index in [1.165, 1.54) is 0 Å². The molecule has 1 saturated heterocycles. The van der Waals surface area contributed by atoms with E-state index in [1.807, 2.05) is 16.7 Å². The number of hydrogen-bond donors (Lipinski definition) is 2. The molecule has 116 valence electrons. The fourth-order valence-corrected chi connectivity index (χ4v) is 2.84. The molecule has 1 aromatic carbocycles. The lowest BCUT2D eigenvalue weighted by molar-refractivity contribution is -0.117. The second-order valence-corrected chi connectivity index (χ2v) is 5.99. The SMILES string of the molecule is C[C@H](N)C(=O)Nc1cccc(C(=O)N2CCSCC2)c1.Cl. The van der Waals surface area contributed by atoms with Crippen molar-refractivity contribution in [2.75, 3.05) is 29.9 Å². The molecule has 0 spiro atoms. The van der Waals surface area contributed by atoms with Crippen molar-refractivity contribution in [2.24, 2.45) is 5.73 Å². The Hall–Kier alpha value is -1.24. The minimum absolute atomic E-state index is 0. The molecule has 0 radical (unpaired) electrons. The Morgan fingerprint density at radius 3 is 2.62 bits per heavy atom. The van der Waals surface area contributed by atoms with Crippen molar-refractivity contribution in [2.45, 2.75) is 13.0 Å². The van der Waals surface area contributed by atoms with Crippen molar-refractivity contribution in [3.63, 3.8) is 0 Å². The number of nitrogens with zero attached hydrogens (tertiary/aromatic N) is 1. The zero-order valence-corrected chi connectivity index (χ0v) is 13.5. The van der Waals surface area contributed by atoms with Gasteiger partial charge in [-0.05, 0) is 25.1 Å².